The lowest BCUT2D eigenvalue weighted by atomic mass is 10.2. The molecule has 8 nitrogen and oxygen atoms in total. The molecule has 9 heteroatoms. The van der Waals surface area contributed by atoms with Crippen LogP contribution in [0.2, 0.25) is 0 Å². The van der Waals surface area contributed by atoms with Gasteiger partial charge in [0.1, 0.15) is 0 Å². The molecule has 0 radical (unpaired) electrons. The van der Waals surface area contributed by atoms with E-state index in [0.717, 1.165) is 16.9 Å². The molecular formula is C20H17N7OS. The summed E-state index contributed by atoms with van der Waals surface area (Å²) in [7, 11) is 1.83. The third-order valence-electron chi connectivity index (χ3n) is 4.60. The van der Waals surface area contributed by atoms with Gasteiger partial charge in [0.05, 0.1) is 23.0 Å². The van der Waals surface area contributed by atoms with Crippen molar-refractivity contribution in [1.82, 2.24) is 29.6 Å². The highest BCUT2D eigenvalue weighted by atomic mass is 32.2. The highest BCUT2D eigenvalue weighted by molar-refractivity contribution is 7.98. The van der Waals surface area contributed by atoms with E-state index in [2.05, 4.69) is 21.6 Å². The fourth-order valence-electron chi connectivity index (χ4n) is 3.09. The zero-order chi connectivity index (χ0) is 20.4. The smallest absolute Gasteiger partial charge is 0.283 e. The first kappa shape index (κ1) is 18.7. The van der Waals surface area contributed by atoms with Crippen molar-refractivity contribution in [3.63, 3.8) is 0 Å². The summed E-state index contributed by atoms with van der Waals surface area (Å²) in [6.07, 6.45) is 0. The molecule has 0 aliphatic carbocycles. The number of thioether (sulfide) groups is 1. The molecule has 0 aliphatic heterocycles. The average molecular weight is 403 g/mol. The molecule has 0 spiro atoms. The van der Waals surface area contributed by atoms with Crippen LogP contribution in [-0.4, -0.2) is 29.6 Å². The Bertz CT molecular complexity index is 1260. The summed E-state index contributed by atoms with van der Waals surface area (Å²) in [5, 5.41) is 21.5. The van der Waals surface area contributed by atoms with Gasteiger partial charge in [0, 0.05) is 12.8 Å². The number of nitrogens with zero attached hydrogens (tertiary/aromatic N) is 7. The van der Waals surface area contributed by atoms with Crippen LogP contribution in [0, 0.1) is 18.3 Å². The molecule has 0 amide bonds. The van der Waals surface area contributed by atoms with Crippen LogP contribution in [0.3, 0.4) is 0 Å². The van der Waals surface area contributed by atoms with Crippen LogP contribution in [0.25, 0.3) is 11.4 Å². The molecule has 29 heavy (non-hydrogen) atoms. The van der Waals surface area contributed by atoms with Gasteiger partial charge in [0.25, 0.3) is 5.56 Å². The fraction of sp³-hybridized carbons (Fsp3) is 0.150. The summed E-state index contributed by atoms with van der Waals surface area (Å²) in [6, 6.07) is 18.9. The Balaban J connectivity index is 1.70. The summed E-state index contributed by atoms with van der Waals surface area (Å²) in [5.74, 6) is 0.578. The Labute approximate surface area is 171 Å². The normalized spacial score (nSPS) is 10.8. The van der Waals surface area contributed by atoms with E-state index in [4.69, 9.17) is 5.26 Å². The SMILES string of the molecule is Cc1c(-n2nnnc2SCc2cccc(C#N)c2)c(=O)n(-c2ccccc2)n1C. The first-order valence-corrected chi connectivity index (χ1v) is 9.83. The van der Waals surface area contributed by atoms with Crippen molar-refractivity contribution in [2.24, 2.45) is 7.05 Å². The molecule has 0 fully saturated rings. The number of nitriles is 1. The molecule has 0 aliphatic rings. The lowest BCUT2D eigenvalue weighted by molar-refractivity contribution is 0.630. The number of para-hydroxylation sites is 1. The topological polar surface area (TPSA) is 94.3 Å². The molecule has 144 valence electrons. The number of benzene rings is 2. The van der Waals surface area contributed by atoms with Crippen molar-refractivity contribution in [2.75, 3.05) is 0 Å². The molecule has 0 atom stereocenters. The van der Waals surface area contributed by atoms with E-state index in [-0.39, 0.29) is 5.56 Å². The summed E-state index contributed by atoms with van der Waals surface area (Å²) in [4.78, 5) is 13.2. The predicted octanol–water partition coefficient (Wildman–Crippen LogP) is 2.62. The van der Waals surface area contributed by atoms with Gasteiger partial charge in [0.15, 0.2) is 5.69 Å². The minimum absolute atomic E-state index is 0.197. The van der Waals surface area contributed by atoms with E-state index in [9.17, 15) is 4.79 Å². The maximum atomic E-state index is 13.2. The summed E-state index contributed by atoms with van der Waals surface area (Å²) >= 11 is 1.41. The predicted molar refractivity (Wildman–Crippen MR) is 109 cm³/mol. The van der Waals surface area contributed by atoms with E-state index in [1.165, 1.54) is 16.4 Å². The third-order valence-corrected chi connectivity index (χ3v) is 5.59. The van der Waals surface area contributed by atoms with Gasteiger partial charge >= 0.3 is 0 Å². The second-order valence-electron chi connectivity index (χ2n) is 6.38. The van der Waals surface area contributed by atoms with Gasteiger partial charge < -0.3 is 0 Å². The van der Waals surface area contributed by atoms with Crippen molar-refractivity contribution in [2.45, 2.75) is 17.8 Å². The van der Waals surface area contributed by atoms with Gasteiger partial charge in [-0.3, -0.25) is 9.48 Å². The third kappa shape index (κ3) is 3.46. The van der Waals surface area contributed by atoms with Gasteiger partial charge in [-0.1, -0.05) is 42.1 Å². The van der Waals surface area contributed by atoms with Crippen molar-refractivity contribution in [3.05, 3.63) is 81.8 Å². The van der Waals surface area contributed by atoms with E-state index < -0.39 is 0 Å². The summed E-state index contributed by atoms with van der Waals surface area (Å²) < 4.78 is 4.87. The first-order valence-electron chi connectivity index (χ1n) is 8.84. The lowest BCUT2D eigenvalue weighted by Crippen LogP contribution is -2.22. The second-order valence-corrected chi connectivity index (χ2v) is 7.33. The van der Waals surface area contributed by atoms with Crippen molar-refractivity contribution in [3.8, 4) is 17.4 Å². The minimum Gasteiger partial charge on any atom is -0.283 e. The van der Waals surface area contributed by atoms with Crippen LogP contribution in [-0.2, 0) is 12.8 Å². The van der Waals surface area contributed by atoms with Crippen molar-refractivity contribution < 1.29 is 0 Å². The molecule has 2 aromatic heterocycles. The summed E-state index contributed by atoms with van der Waals surface area (Å²) in [5.41, 5.74) is 3.32. The molecule has 0 saturated carbocycles. The Kier molecular flexibility index (Phi) is 5.01. The van der Waals surface area contributed by atoms with Crippen molar-refractivity contribution >= 4 is 11.8 Å². The van der Waals surface area contributed by atoms with Crippen LogP contribution in [0.15, 0.2) is 64.5 Å². The molecule has 4 rings (SSSR count). The van der Waals surface area contributed by atoms with Gasteiger partial charge in [-0.05, 0) is 47.2 Å². The number of hydrogen-bond donors (Lipinski definition) is 0. The lowest BCUT2D eigenvalue weighted by Gasteiger charge is -2.07. The second kappa shape index (κ2) is 7.77. The van der Waals surface area contributed by atoms with Crippen LogP contribution in [0.5, 0.6) is 0 Å². The Morgan fingerprint density at radius 1 is 1.14 bits per heavy atom. The van der Waals surface area contributed by atoms with E-state index in [1.807, 2.05) is 62.5 Å². The highest BCUT2D eigenvalue weighted by Crippen LogP contribution is 2.23. The maximum Gasteiger partial charge on any atom is 0.297 e. The number of aromatic nitrogens is 6. The van der Waals surface area contributed by atoms with Crippen LogP contribution in [0.1, 0.15) is 16.8 Å². The molecular weight excluding hydrogens is 386 g/mol. The van der Waals surface area contributed by atoms with Crippen molar-refractivity contribution in [1.29, 1.82) is 5.26 Å². The number of rotatable bonds is 5. The Morgan fingerprint density at radius 3 is 2.69 bits per heavy atom. The molecule has 0 saturated heterocycles. The van der Waals surface area contributed by atoms with Gasteiger partial charge in [-0.15, -0.1) is 5.10 Å². The largest absolute Gasteiger partial charge is 0.297 e. The average Bonchev–Trinajstić information content (AvgIpc) is 3.29. The minimum atomic E-state index is -0.197. The molecule has 0 N–H and O–H groups in total. The molecule has 0 bridgehead atoms. The van der Waals surface area contributed by atoms with Crippen LogP contribution >= 0.6 is 11.8 Å². The number of hydrogen-bond acceptors (Lipinski definition) is 6. The van der Waals surface area contributed by atoms with Gasteiger partial charge in [-0.25, -0.2) is 4.68 Å². The van der Waals surface area contributed by atoms with Gasteiger partial charge in [0.2, 0.25) is 5.16 Å². The Hall–Kier alpha value is -3.64. The maximum absolute atomic E-state index is 13.2. The molecule has 0 unspecified atom stereocenters. The van der Waals surface area contributed by atoms with E-state index in [0.29, 0.717) is 22.2 Å². The summed E-state index contributed by atoms with van der Waals surface area (Å²) in [6.45, 7) is 1.86. The zero-order valence-corrected chi connectivity index (χ0v) is 16.7. The van der Waals surface area contributed by atoms with Crippen LogP contribution < -0.4 is 5.56 Å². The Morgan fingerprint density at radius 2 is 1.93 bits per heavy atom. The molecule has 4 aromatic rings. The van der Waals surface area contributed by atoms with E-state index in [1.54, 1.807) is 15.4 Å². The highest BCUT2D eigenvalue weighted by Gasteiger charge is 2.21. The zero-order valence-electron chi connectivity index (χ0n) is 15.9. The number of tetrazole rings is 1. The standard InChI is InChI=1S/C20H17N7OS/c1-14-18(19(28)27(25(14)2)17-9-4-3-5-10-17)26-20(22-23-24-26)29-13-16-8-6-7-15(11-16)12-21/h3-11H,13H2,1-2H3. The van der Waals surface area contributed by atoms with E-state index >= 15 is 0 Å². The quantitative estimate of drug-likeness (QED) is 0.476. The molecule has 2 heterocycles. The van der Waals surface area contributed by atoms with Gasteiger partial charge in [-0.2, -0.15) is 9.94 Å². The first-order chi connectivity index (χ1) is 14.1. The monoisotopic (exact) mass is 403 g/mol. The fourth-order valence-corrected chi connectivity index (χ4v) is 3.91. The molecule has 2 aromatic carbocycles. The van der Waals surface area contributed by atoms with Crippen LogP contribution in [0.4, 0.5) is 0 Å².